The van der Waals surface area contributed by atoms with Crippen LogP contribution in [0.15, 0.2) is 9.59 Å². The van der Waals surface area contributed by atoms with Crippen molar-refractivity contribution in [3.8, 4) is 0 Å². The summed E-state index contributed by atoms with van der Waals surface area (Å²) in [4.78, 5) is 31.6. The largest absolute Gasteiger partial charge is 0.315 e. The van der Waals surface area contributed by atoms with Gasteiger partial charge in [0.1, 0.15) is 0 Å². The number of fused-ring (bicyclic) bond motifs is 1. The van der Waals surface area contributed by atoms with E-state index in [9.17, 15) is 9.59 Å². The van der Waals surface area contributed by atoms with Gasteiger partial charge in [0, 0.05) is 5.56 Å². The Morgan fingerprint density at radius 2 is 1.79 bits per heavy atom. The van der Waals surface area contributed by atoms with Crippen LogP contribution >= 0.6 is 23.2 Å². The molecule has 0 aliphatic carbocycles. The van der Waals surface area contributed by atoms with Crippen molar-refractivity contribution in [3.63, 3.8) is 0 Å². The Labute approximate surface area is 119 Å². The van der Waals surface area contributed by atoms with Crippen LogP contribution in [0.4, 0.5) is 0 Å². The Morgan fingerprint density at radius 1 is 1.11 bits per heavy atom. The highest BCUT2D eigenvalue weighted by Crippen LogP contribution is 2.29. The summed E-state index contributed by atoms with van der Waals surface area (Å²) in [5.41, 5.74) is -0.0404. The third-order valence-electron chi connectivity index (χ3n) is 2.90. The predicted molar refractivity (Wildman–Crippen MR) is 76.2 cm³/mol. The fraction of sp³-hybridized carbons (Fsp3) is 0.417. The highest BCUT2D eigenvalue weighted by Gasteiger charge is 2.14. The molecule has 0 saturated carbocycles. The van der Waals surface area contributed by atoms with E-state index in [1.165, 1.54) is 0 Å². The van der Waals surface area contributed by atoms with Crippen LogP contribution in [0.1, 0.15) is 31.7 Å². The number of halogens is 2. The Kier molecular flexibility index (Phi) is 4.27. The second-order valence-corrected chi connectivity index (χ2v) is 5.02. The molecule has 0 fully saturated rings. The molecule has 2 aromatic rings. The summed E-state index contributed by atoms with van der Waals surface area (Å²) in [6, 6.07) is 0. The van der Waals surface area contributed by atoms with Crippen LogP contribution in [0, 0.1) is 0 Å². The van der Waals surface area contributed by atoms with Crippen molar-refractivity contribution in [1.82, 2.24) is 15.0 Å². The van der Waals surface area contributed by atoms with E-state index in [1.54, 1.807) is 0 Å². The van der Waals surface area contributed by atoms with E-state index >= 15 is 0 Å². The maximum Gasteiger partial charge on any atom is 0.315 e. The molecule has 0 bridgehead atoms. The van der Waals surface area contributed by atoms with Crippen LogP contribution in [-0.2, 0) is 6.42 Å². The second-order valence-electron chi connectivity index (χ2n) is 4.28. The zero-order valence-electron chi connectivity index (χ0n) is 10.3. The van der Waals surface area contributed by atoms with Crippen molar-refractivity contribution in [2.45, 2.75) is 32.6 Å². The van der Waals surface area contributed by atoms with Crippen molar-refractivity contribution < 1.29 is 0 Å². The molecule has 2 rings (SSSR count). The number of H-pyrrole nitrogens is 2. The average Bonchev–Trinajstić information content (AvgIpc) is 2.37. The van der Waals surface area contributed by atoms with E-state index in [2.05, 4.69) is 21.9 Å². The van der Waals surface area contributed by atoms with Crippen molar-refractivity contribution in [3.05, 3.63) is 36.4 Å². The van der Waals surface area contributed by atoms with Gasteiger partial charge in [-0.15, -0.1) is 0 Å². The molecule has 102 valence electrons. The number of rotatable bonds is 4. The van der Waals surface area contributed by atoms with Gasteiger partial charge in [-0.05, 0) is 12.8 Å². The summed E-state index contributed by atoms with van der Waals surface area (Å²) in [5.74, 6) is 0. The van der Waals surface area contributed by atoms with E-state index in [4.69, 9.17) is 23.2 Å². The van der Waals surface area contributed by atoms with Crippen molar-refractivity contribution in [1.29, 1.82) is 0 Å². The Balaban J connectivity index is 2.64. The zero-order chi connectivity index (χ0) is 14.0. The van der Waals surface area contributed by atoms with Crippen LogP contribution < -0.4 is 11.1 Å². The molecule has 0 atom stereocenters. The van der Waals surface area contributed by atoms with Crippen LogP contribution in [-0.4, -0.2) is 15.0 Å². The lowest BCUT2D eigenvalue weighted by atomic mass is 10.1. The third-order valence-corrected chi connectivity index (χ3v) is 3.68. The van der Waals surface area contributed by atoms with Crippen molar-refractivity contribution in [2.24, 2.45) is 0 Å². The number of nitrogens with one attached hydrogen (secondary N) is 2. The molecule has 0 aromatic carbocycles. The normalized spacial score (nSPS) is 11.1. The number of hydrogen-bond acceptors (Lipinski definition) is 3. The zero-order valence-corrected chi connectivity index (χ0v) is 11.9. The molecule has 2 heterocycles. The second kappa shape index (κ2) is 5.75. The molecule has 0 unspecified atom stereocenters. The minimum Gasteiger partial charge on any atom is -0.314 e. The minimum atomic E-state index is -0.752. The smallest absolute Gasteiger partial charge is 0.314 e. The SMILES string of the molecule is CCCCCc1c(Cl)c(Cl)nc2[nH]c(=O)c(=O)[nH]c12. The van der Waals surface area contributed by atoms with Crippen LogP contribution in [0.25, 0.3) is 11.2 Å². The first kappa shape index (κ1) is 14.1. The average molecular weight is 302 g/mol. The predicted octanol–water partition coefficient (Wildman–Crippen LogP) is 2.65. The van der Waals surface area contributed by atoms with Gasteiger partial charge >= 0.3 is 11.1 Å². The first-order chi connectivity index (χ1) is 9.04. The molecule has 0 spiro atoms. The van der Waals surface area contributed by atoms with E-state index < -0.39 is 11.1 Å². The fourth-order valence-corrected chi connectivity index (χ4v) is 2.36. The lowest BCUT2D eigenvalue weighted by molar-refractivity contribution is 0.718. The van der Waals surface area contributed by atoms with E-state index in [1.807, 2.05) is 0 Å². The molecule has 19 heavy (non-hydrogen) atoms. The number of aromatic nitrogens is 3. The highest BCUT2D eigenvalue weighted by atomic mass is 35.5. The fourth-order valence-electron chi connectivity index (χ4n) is 1.93. The van der Waals surface area contributed by atoms with Gasteiger partial charge in [0.2, 0.25) is 0 Å². The molecule has 5 nitrogen and oxygen atoms in total. The van der Waals surface area contributed by atoms with Crippen LogP contribution in [0.2, 0.25) is 10.2 Å². The lowest BCUT2D eigenvalue weighted by Gasteiger charge is -2.09. The van der Waals surface area contributed by atoms with Crippen LogP contribution in [0.3, 0.4) is 0 Å². The Morgan fingerprint density at radius 3 is 2.47 bits per heavy atom. The van der Waals surface area contributed by atoms with Crippen LogP contribution in [0.5, 0.6) is 0 Å². The van der Waals surface area contributed by atoms with Gasteiger partial charge in [-0.3, -0.25) is 9.59 Å². The van der Waals surface area contributed by atoms with Gasteiger partial charge in [0.25, 0.3) is 0 Å². The van der Waals surface area contributed by atoms with E-state index in [0.717, 1.165) is 24.8 Å². The van der Waals surface area contributed by atoms with Crippen molar-refractivity contribution >= 4 is 34.4 Å². The summed E-state index contributed by atoms with van der Waals surface area (Å²) in [6.45, 7) is 2.10. The molecule has 0 radical (unpaired) electrons. The topological polar surface area (TPSA) is 78.6 Å². The van der Waals surface area contributed by atoms with Gasteiger partial charge in [0.05, 0.1) is 10.5 Å². The van der Waals surface area contributed by atoms with Gasteiger partial charge < -0.3 is 9.97 Å². The highest BCUT2D eigenvalue weighted by molar-refractivity contribution is 6.42. The number of unbranched alkanes of at least 4 members (excludes halogenated alkanes) is 2. The van der Waals surface area contributed by atoms with Gasteiger partial charge in [-0.25, -0.2) is 4.98 Å². The van der Waals surface area contributed by atoms with Gasteiger partial charge in [-0.1, -0.05) is 43.0 Å². The monoisotopic (exact) mass is 301 g/mol. The summed E-state index contributed by atoms with van der Waals surface area (Å²) in [6.07, 6.45) is 3.72. The van der Waals surface area contributed by atoms with Crippen molar-refractivity contribution in [2.75, 3.05) is 0 Å². The molecular formula is C12H13Cl2N3O2. The minimum absolute atomic E-state index is 0.128. The Hall–Kier alpha value is -1.33. The molecule has 2 aromatic heterocycles. The summed E-state index contributed by atoms with van der Waals surface area (Å²) < 4.78 is 0. The molecule has 0 aliphatic rings. The first-order valence-corrected chi connectivity index (χ1v) is 6.80. The standard InChI is InChI=1S/C12H13Cl2N3O2/c1-2-3-4-5-6-7(13)9(14)16-10-8(6)15-11(18)12(19)17-10/h2-5H2,1H3,(H,15,18)(H,16,17,19). The molecular weight excluding hydrogens is 289 g/mol. The maximum absolute atomic E-state index is 11.4. The molecule has 0 amide bonds. The summed E-state index contributed by atoms with van der Waals surface area (Å²) in [5, 5.41) is 0.455. The van der Waals surface area contributed by atoms with E-state index in [0.29, 0.717) is 17.0 Å². The number of nitrogens with zero attached hydrogens (tertiary/aromatic N) is 1. The Bertz CT molecular complexity index is 721. The van der Waals surface area contributed by atoms with Gasteiger partial charge in [-0.2, -0.15) is 0 Å². The lowest BCUT2D eigenvalue weighted by Crippen LogP contribution is -2.29. The quantitative estimate of drug-likeness (QED) is 0.518. The number of aryl methyl sites for hydroxylation is 1. The molecule has 7 heteroatoms. The molecule has 0 aliphatic heterocycles. The molecule has 2 N–H and O–H groups in total. The first-order valence-electron chi connectivity index (χ1n) is 6.04. The third kappa shape index (κ3) is 2.82. The summed E-state index contributed by atoms with van der Waals surface area (Å²) in [7, 11) is 0. The number of pyridine rings is 1. The van der Waals surface area contributed by atoms with E-state index in [-0.39, 0.29) is 10.8 Å². The summed E-state index contributed by atoms with van der Waals surface area (Å²) >= 11 is 12.1. The number of hydrogen-bond donors (Lipinski definition) is 2. The maximum atomic E-state index is 11.4. The number of aromatic amines is 2. The van der Waals surface area contributed by atoms with Gasteiger partial charge in [0.15, 0.2) is 10.8 Å². The molecule has 0 saturated heterocycles.